The summed E-state index contributed by atoms with van der Waals surface area (Å²) in [5.41, 5.74) is 0. The van der Waals surface area contributed by atoms with Crippen LogP contribution in [0.3, 0.4) is 0 Å². The lowest BCUT2D eigenvalue weighted by atomic mass is 10.1. The first-order valence-electron chi connectivity index (χ1n) is 9.96. The molecule has 1 N–H and O–H groups in total. The summed E-state index contributed by atoms with van der Waals surface area (Å²) in [5, 5.41) is 5.04. The fourth-order valence-electron chi connectivity index (χ4n) is 3.10. The number of fused-ring (bicyclic) bond motifs is 1. The van der Waals surface area contributed by atoms with E-state index in [1.807, 2.05) is 54.6 Å². The third-order valence-corrected chi connectivity index (χ3v) is 4.69. The number of amides is 1. The molecule has 4 rings (SSSR count). The summed E-state index contributed by atoms with van der Waals surface area (Å²) in [6.45, 7) is 0.918. The van der Waals surface area contributed by atoms with Crippen LogP contribution in [-0.2, 0) is 6.61 Å². The topological polar surface area (TPSA) is 69.9 Å². The van der Waals surface area contributed by atoms with Crippen molar-refractivity contribution in [3.63, 3.8) is 0 Å². The molecule has 0 aliphatic rings. The number of hydrogen-bond donors (Lipinski definition) is 1. The van der Waals surface area contributed by atoms with Crippen LogP contribution in [0.25, 0.3) is 10.8 Å². The van der Waals surface area contributed by atoms with Crippen molar-refractivity contribution in [2.45, 2.75) is 6.61 Å². The van der Waals surface area contributed by atoms with Crippen molar-refractivity contribution in [2.24, 2.45) is 0 Å². The number of hydrogen-bond acceptors (Lipinski definition) is 5. The van der Waals surface area contributed by atoms with Gasteiger partial charge in [0.05, 0.1) is 13.7 Å². The predicted octanol–water partition coefficient (Wildman–Crippen LogP) is 4.83. The van der Waals surface area contributed by atoms with Crippen LogP contribution in [0.4, 0.5) is 0 Å². The molecule has 158 valence electrons. The Morgan fingerprint density at radius 1 is 0.839 bits per heavy atom. The Kier molecular flexibility index (Phi) is 6.38. The number of carbonyl (C=O) groups excluding carboxylic acids is 1. The quantitative estimate of drug-likeness (QED) is 0.395. The molecule has 3 aromatic carbocycles. The van der Waals surface area contributed by atoms with Gasteiger partial charge in [0.1, 0.15) is 36.2 Å². The predicted molar refractivity (Wildman–Crippen MR) is 118 cm³/mol. The first kappa shape index (κ1) is 20.3. The van der Waals surface area contributed by atoms with Gasteiger partial charge in [-0.3, -0.25) is 4.79 Å². The zero-order valence-electron chi connectivity index (χ0n) is 17.2. The second-order valence-electron chi connectivity index (χ2n) is 6.85. The fraction of sp³-hybridized carbons (Fsp3) is 0.160. The minimum atomic E-state index is -0.300. The molecule has 1 heterocycles. The number of ether oxygens (including phenoxy) is 3. The first-order chi connectivity index (χ1) is 15.2. The molecule has 0 atom stereocenters. The van der Waals surface area contributed by atoms with Crippen LogP contribution in [-0.4, -0.2) is 26.2 Å². The summed E-state index contributed by atoms with van der Waals surface area (Å²) in [6.07, 6.45) is 0. The number of nitrogens with one attached hydrogen (secondary N) is 1. The average molecular weight is 417 g/mol. The number of methoxy groups -OCH3 is 1. The Bertz CT molecular complexity index is 1170. The highest BCUT2D eigenvalue weighted by Gasteiger charge is 2.11. The van der Waals surface area contributed by atoms with Gasteiger partial charge in [0.15, 0.2) is 5.76 Å². The number of rotatable bonds is 9. The molecule has 0 radical (unpaired) electrons. The highest BCUT2D eigenvalue weighted by molar-refractivity contribution is 5.91. The molecule has 6 nitrogen and oxygen atoms in total. The lowest BCUT2D eigenvalue weighted by molar-refractivity contribution is 0.0915. The van der Waals surface area contributed by atoms with Gasteiger partial charge in [-0.05, 0) is 47.2 Å². The molecule has 1 amide bonds. The van der Waals surface area contributed by atoms with Crippen molar-refractivity contribution in [3.8, 4) is 17.2 Å². The Balaban J connectivity index is 1.24. The molecule has 0 aliphatic carbocycles. The smallest absolute Gasteiger partial charge is 0.287 e. The number of benzene rings is 3. The van der Waals surface area contributed by atoms with Crippen LogP contribution < -0.4 is 19.5 Å². The van der Waals surface area contributed by atoms with Gasteiger partial charge in [0.25, 0.3) is 5.91 Å². The van der Waals surface area contributed by atoms with Crippen molar-refractivity contribution >= 4 is 16.7 Å². The van der Waals surface area contributed by atoms with Gasteiger partial charge in [-0.25, -0.2) is 0 Å². The van der Waals surface area contributed by atoms with Crippen molar-refractivity contribution in [3.05, 3.63) is 90.4 Å². The van der Waals surface area contributed by atoms with Crippen molar-refractivity contribution in [2.75, 3.05) is 20.3 Å². The number of carbonyl (C=O) groups is 1. The van der Waals surface area contributed by atoms with E-state index in [1.54, 1.807) is 25.3 Å². The van der Waals surface area contributed by atoms with Gasteiger partial charge in [0.2, 0.25) is 0 Å². The van der Waals surface area contributed by atoms with E-state index in [2.05, 4.69) is 11.4 Å². The Labute approximate surface area is 180 Å². The molecule has 0 aliphatic heterocycles. The fourth-order valence-corrected chi connectivity index (χ4v) is 3.10. The third kappa shape index (κ3) is 5.36. The molecule has 0 spiro atoms. The van der Waals surface area contributed by atoms with Crippen LogP contribution in [0, 0.1) is 0 Å². The zero-order chi connectivity index (χ0) is 21.5. The highest BCUT2D eigenvalue weighted by atomic mass is 16.5. The van der Waals surface area contributed by atoms with E-state index in [9.17, 15) is 4.79 Å². The molecule has 6 heteroatoms. The first-order valence-corrected chi connectivity index (χ1v) is 9.96. The van der Waals surface area contributed by atoms with E-state index < -0.39 is 0 Å². The number of furan rings is 1. The zero-order valence-corrected chi connectivity index (χ0v) is 17.2. The molecular weight excluding hydrogens is 394 g/mol. The van der Waals surface area contributed by atoms with Crippen LogP contribution in [0.2, 0.25) is 0 Å². The van der Waals surface area contributed by atoms with Gasteiger partial charge in [-0.2, -0.15) is 0 Å². The van der Waals surface area contributed by atoms with E-state index in [-0.39, 0.29) is 18.3 Å². The van der Waals surface area contributed by atoms with E-state index in [1.165, 1.54) is 0 Å². The summed E-state index contributed by atoms with van der Waals surface area (Å²) in [5.74, 6) is 2.65. The SMILES string of the molecule is COc1cccc(OCCNC(=O)c2ccc(COc3ccc4ccccc4c3)o2)c1. The van der Waals surface area contributed by atoms with Crippen molar-refractivity contribution in [1.82, 2.24) is 5.32 Å². The minimum Gasteiger partial charge on any atom is -0.497 e. The summed E-state index contributed by atoms with van der Waals surface area (Å²) >= 11 is 0. The highest BCUT2D eigenvalue weighted by Crippen LogP contribution is 2.22. The van der Waals surface area contributed by atoms with E-state index in [0.29, 0.717) is 24.7 Å². The minimum absolute atomic E-state index is 0.235. The average Bonchev–Trinajstić information content (AvgIpc) is 3.29. The van der Waals surface area contributed by atoms with Gasteiger partial charge < -0.3 is 23.9 Å². The third-order valence-electron chi connectivity index (χ3n) is 4.69. The maximum atomic E-state index is 12.3. The largest absolute Gasteiger partial charge is 0.497 e. The molecule has 4 aromatic rings. The van der Waals surface area contributed by atoms with E-state index >= 15 is 0 Å². The molecular formula is C25H23NO5. The summed E-state index contributed by atoms with van der Waals surface area (Å²) in [7, 11) is 1.60. The van der Waals surface area contributed by atoms with Gasteiger partial charge >= 0.3 is 0 Å². The molecule has 0 unspecified atom stereocenters. The maximum absolute atomic E-state index is 12.3. The molecule has 1 aromatic heterocycles. The summed E-state index contributed by atoms with van der Waals surface area (Å²) < 4.78 is 22.2. The summed E-state index contributed by atoms with van der Waals surface area (Å²) in [6, 6.07) is 24.7. The van der Waals surface area contributed by atoms with E-state index in [4.69, 9.17) is 18.6 Å². The van der Waals surface area contributed by atoms with Crippen molar-refractivity contribution < 1.29 is 23.4 Å². The molecule has 0 fully saturated rings. The molecule has 0 bridgehead atoms. The van der Waals surface area contributed by atoms with Crippen LogP contribution in [0.5, 0.6) is 17.2 Å². The Hall–Kier alpha value is -3.93. The van der Waals surface area contributed by atoms with Crippen molar-refractivity contribution in [1.29, 1.82) is 0 Å². The molecule has 0 saturated heterocycles. The van der Waals surface area contributed by atoms with Crippen LogP contribution in [0.1, 0.15) is 16.3 Å². The second kappa shape index (κ2) is 9.71. The maximum Gasteiger partial charge on any atom is 0.287 e. The lowest BCUT2D eigenvalue weighted by Crippen LogP contribution is -2.27. The normalized spacial score (nSPS) is 10.6. The van der Waals surface area contributed by atoms with E-state index in [0.717, 1.165) is 22.3 Å². The Morgan fingerprint density at radius 2 is 1.65 bits per heavy atom. The second-order valence-corrected chi connectivity index (χ2v) is 6.85. The standard InChI is InChI=1S/C25H23NO5/c1-28-20-7-4-8-21(16-20)29-14-13-26-25(27)24-12-11-23(31-24)17-30-22-10-9-18-5-2-3-6-19(18)15-22/h2-12,15-16H,13-14,17H2,1H3,(H,26,27). The lowest BCUT2D eigenvalue weighted by Gasteiger charge is -2.08. The van der Waals surface area contributed by atoms with Gasteiger partial charge in [0, 0.05) is 6.07 Å². The summed E-state index contributed by atoms with van der Waals surface area (Å²) in [4.78, 5) is 12.3. The van der Waals surface area contributed by atoms with Crippen LogP contribution in [0.15, 0.2) is 83.3 Å². The van der Waals surface area contributed by atoms with Gasteiger partial charge in [-0.15, -0.1) is 0 Å². The monoisotopic (exact) mass is 417 g/mol. The Morgan fingerprint density at radius 3 is 2.52 bits per heavy atom. The van der Waals surface area contributed by atoms with Crippen LogP contribution >= 0.6 is 0 Å². The molecule has 31 heavy (non-hydrogen) atoms. The molecule has 0 saturated carbocycles. The van der Waals surface area contributed by atoms with Gasteiger partial charge in [-0.1, -0.05) is 36.4 Å².